The third kappa shape index (κ3) is 6.12. The first-order valence-corrected chi connectivity index (χ1v) is 15.4. The number of hydrogen-bond acceptors (Lipinski definition) is 7. The van der Waals surface area contributed by atoms with Crippen LogP contribution in [0, 0.1) is 5.82 Å². The normalized spacial score (nSPS) is 16.2. The second-order valence-electron chi connectivity index (χ2n) is 11.9. The fraction of sp³-hybridized carbons (Fsp3) is 0.278. The van der Waals surface area contributed by atoms with E-state index in [2.05, 4.69) is 4.98 Å². The Morgan fingerprint density at radius 3 is 2.37 bits per heavy atom. The summed E-state index contributed by atoms with van der Waals surface area (Å²) in [6.45, 7) is 3.26. The summed E-state index contributed by atoms with van der Waals surface area (Å²) >= 11 is 6.09. The summed E-state index contributed by atoms with van der Waals surface area (Å²) in [6.07, 6.45) is 2.14. The number of amides is 2. The lowest BCUT2D eigenvalue weighted by Gasteiger charge is -2.27. The number of hydrogen-bond donors (Lipinski definition) is 1. The molecule has 0 radical (unpaired) electrons. The number of pyridine rings is 1. The van der Waals surface area contributed by atoms with Gasteiger partial charge in [0.1, 0.15) is 11.4 Å². The van der Waals surface area contributed by atoms with Crippen LogP contribution in [0.2, 0.25) is 5.02 Å². The summed E-state index contributed by atoms with van der Waals surface area (Å²) in [4.78, 5) is 45.7. The molecular formula is C36H32ClFN2O6. The molecule has 0 spiro atoms. The number of ether oxygens (including phenoxy) is 2. The van der Waals surface area contributed by atoms with Gasteiger partial charge in [0, 0.05) is 17.5 Å². The lowest BCUT2D eigenvalue weighted by molar-refractivity contribution is 0.0396. The SMILES string of the molecule is COc1cc(C(=O)CCC(C)(O)c2cc(C(C)N3C(=O)c4ccccc4C3=O)cc(-c3ccc(F)c(Cl)c3)n2)ccc1OC1CC1. The topological polar surface area (TPSA) is 106 Å². The van der Waals surface area contributed by atoms with Gasteiger partial charge in [-0.15, -0.1) is 0 Å². The molecule has 0 bridgehead atoms. The van der Waals surface area contributed by atoms with Crippen molar-refractivity contribution in [2.45, 2.75) is 57.3 Å². The molecule has 1 fully saturated rings. The van der Waals surface area contributed by atoms with Crippen LogP contribution >= 0.6 is 11.6 Å². The molecule has 2 amide bonds. The van der Waals surface area contributed by atoms with Crippen LogP contribution in [-0.4, -0.2) is 45.8 Å². The van der Waals surface area contributed by atoms with E-state index < -0.39 is 29.3 Å². The number of carbonyl (C=O) groups is 3. The van der Waals surface area contributed by atoms with Gasteiger partial charge in [-0.1, -0.05) is 23.7 Å². The van der Waals surface area contributed by atoms with Gasteiger partial charge >= 0.3 is 0 Å². The molecule has 8 nitrogen and oxygen atoms in total. The zero-order valence-electron chi connectivity index (χ0n) is 25.6. The third-order valence-corrected chi connectivity index (χ3v) is 8.74. The van der Waals surface area contributed by atoms with Crippen molar-refractivity contribution in [2.75, 3.05) is 7.11 Å². The Morgan fingerprint density at radius 1 is 1.04 bits per heavy atom. The molecule has 46 heavy (non-hydrogen) atoms. The zero-order chi connectivity index (χ0) is 32.7. The van der Waals surface area contributed by atoms with Gasteiger partial charge in [0.25, 0.3) is 11.8 Å². The molecule has 6 rings (SSSR count). The summed E-state index contributed by atoms with van der Waals surface area (Å²) in [5.74, 6) is -0.634. The molecule has 1 N–H and O–H groups in total. The van der Waals surface area contributed by atoms with Crippen LogP contribution in [0.1, 0.15) is 87.9 Å². The van der Waals surface area contributed by atoms with Gasteiger partial charge in [0.05, 0.1) is 46.8 Å². The van der Waals surface area contributed by atoms with E-state index in [-0.39, 0.29) is 35.4 Å². The number of Topliss-reactive ketones (excluding diaryl/α,β-unsaturated/α-hetero) is 1. The Balaban J connectivity index is 1.30. The second-order valence-corrected chi connectivity index (χ2v) is 12.3. The number of methoxy groups -OCH3 is 1. The van der Waals surface area contributed by atoms with E-state index >= 15 is 0 Å². The van der Waals surface area contributed by atoms with Gasteiger partial charge in [-0.3, -0.25) is 19.3 Å². The summed E-state index contributed by atoms with van der Waals surface area (Å²) < 4.78 is 25.3. The second kappa shape index (κ2) is 12.3. The van der Waals surface area contributed by atoms with E-state index in [1.807, 2.05) is 0 Å². The van der Waals surface area contributed by atoms with Crippen molar-refractivity contribution in [3.8, 4) is 22.8 Å². The van der Waals surface area contributed by atoms with E-state index in [1.165, 1.54) is 30.2 Å². The van der Waals surface area contributed by atoms with Crippen LogP contribution in [0.4, 0.5) is 4.39 Å². The van der Waals surface area contributed by atoms with Crippen LogP contribution in [0.5, 0.6) is 11.5 Å². The van der Waals surface area contributed by atoms with Crippen molar-refractivity contribution in [2.24, 2.45) is 0 Å². The molecule has 0 saturated heterocycles. The van der Waals surface area contributed by atoms with Gasteiger partial charge in [0.2, 0.25) is 0 Å². The van der Waals surface area contributed by atoms with E-state index in [0.717, 1.165) is 12.8 Å². The first kappa shape index (κ1) is 31.4. The Kier molecular flexibility index (Phi) is 8.39. The predicted molar refractivity (Wildman–Crippen MR) is 170 cm³/mol. The summed E-state index contributed by atoms with van der Waals surface area (Å²) in [5.41, 5.74) is 0.975. The highest BCUT2D eigenvalue weighted by atomic mass is 35.5. The minimum absolute atomic E-state index is 0.00986. The smallest absolute Gasteiger partial charge is 0.262 e. The van der Waals surface area contributed by atoms with Gasteiger partial charge in [-0.25, -0.2) is 9.37 Å². The third-order valence-electron chi connectivity index (χ3n) is 8.45. The van der Waals surface area contributed by atoms with Gasteiger partial charge in [0.15, 0.2) is 17.3 Å². The average Bonchev–Trinajstić information content (AvgIpc) is 3.84. The molecule has 2 atom stereocenters. The van der Waals surface area contributed by atoms with Crippen LogP contribution in [0.3, 0.4) is 0 Å². The Labute approximate surface area is 270 Å². The van der Waals surface area contributed by atoms with Crippen LogP contribution in [0.15, 0.2) is 72.8 Å². The van der Waals surface area contributed by atoms with Crippen molar-refractivity contribution in [3.05, 3.63) is 112 Å². The maximum atomic E-state index is 14.0. The standard InChI is InChI=1S/C36H32ClFN2O6/c1-20(40-34(42)25-6-4-5-7-26(25)35(40)43)23-17-29(21-8-12-28(38)27(37)16-21)39-33(19-23)36(2,44)15-14-30(41)22-9-13-31(32(18-22)45-3)46-24-10-11-24/h4-9,12-13,16-20,24,44H,10-11,14-15H2,1-3H3. The lowest BCUT2D eigenvalue weighted by Crippen LogP contribution is -2.33. The molecule has 3 aromatic carbocycles. The lowest BCUT2D eigenvalue weighted by atomic mass is 9.90. The number of halogens is 2. The molecule has 4 aromatic rings. The molecule has 2 unspecified atom stereocenters. The largest absolute Gasteiger partial charge is 0.493 e. The quantitative estimate of drug-likeness (QED) is 0.135. The van der Waals surface area contributed by atoms with E-state index in [4.69, 9.17) is 21.1 Å². The average molecular weight is 643 g/mol. The zero-order valence-corrected chi connectivity index (χ0v) is 26.3. The minimum atomic E-state index is -1.61. The Bertz CT molecular complexity index is 1840. The first-order chi connectivity index (χ1) is 22.0. The number of benzene rings is 3. The van der Waals surface area contributed by atoms with Gasteiger partial charge in [-0.05, 0) is 99.3 Å². The molecule has 1 saturated carbocycles. The summed E-state index contributed by atoms with van der Waals surface area (Å²) in [5, 5.41) is 11.6. The molecule has 10 heteroatoms. The molecule has 2 aliphatic rings. The first-order valence-electron chi connectivity index (χ1n) is 15.0. The monoisotopic (exact) mass is 642 g/mol. The highest BCUT2D eigenvalue weighted by molar-refractivity contribution is 6.31. The molecule has 236 valence electrons. The molecule has 1 aromatic heterocycles. The van der Waals surface area contributed by atoms with E-state index in [0.29, 0.717) is 45.0 Å². The Hall–Kier alpha value is -4.60. The number of carbonyl (C=O) groups excluding carboxylic acids is 3. The van der Waals surface area contributed by atoms with Gasteiger partial charge in [-0.2, -0.15) is 0 Å². The number of ketones is 1. The highest BCUT2D eigenvalue weighted by Crippen LogP contribution is 2.37. The van der Waals surface area contributed by atoms with E-state index in [1.54, 1.807) is 68.4 Å². The predicted octanol–water partition coefficient (Wildman–Crippen LogP) is 7.32. The maximum Gasteiger partial charge on any atom is 0.262 e. The minimum Gasteiger partial charge on any atom is -0.493 e. The summed E-state index contributed by atoms with van der Waals surface area (Å²) in [6, 6.07) is 18.3. The molecule has 1 aliphatic carbocycles. The number of nitrogens with zero attached hydrogens (tertiary/aromatic N) is 2. The maximum absolute atomic E-state index is 14.0. The molecule has 2 heterocycles. The number of imide groups is 1. The van der Waals surface area contributed by atoms with Crippen LogP contribution in [-0.2, 0) is 5.60 Å². The molecule has 1 aliphatic heterocycles. The van der Waals surface area contributed by atoms with Crippen molar-refractivity contribution in [1.29, 1.82) is 0 Å². The number of rotatable bonds is 11. The van der Waals surface area contributed by atoms with Crippen molar-refractivity contribution < 1.29 is 33.4 Å². The fourth-order valence-electron chi connectivity index (χ4n) is 5.51. The van der Waals surface area contributed by atoms with E-state index in [9.17, 15) is 23.9 Å². The fourth-order valence-corrected chi connectivity index (χ4v) is 5.69. The number of aromatic nitrogens is 1. The van der Waals surface area contributed by atoms with Crippen LogP contribution < -0.4 is 9.47 Å². The van der Waals surface area contributed by atoms with Crippen molar-refractivity contribution in [3.63, 3.8) is 0 Å². The van der Waals surface area contributed by atoms with Crippen LogP contribution in [0.25, 0.3) is 11.3 Å². The number of fused-ring (bicyclic) bond motifs is 1. The van der Waals surface area contributed by atoms with Crippen molar-refractivity contribution in [1.82, 2.24) is 9.88 Å². The van der Waals surface area contributed by atoms with Crippen molar-refractivity contribution >= 4 is 29.2 Å². The van der Waals surface area contributed by atoms with Gasteiger partial charge < -0.3 is 14.6 Å². The highest BCUT2D eigenvalue weighted by Gasteiger charge is 2.39. The molecular weight excluding hydrogens is 611 g/mol. The summed E-state index contributed by atoms with van der Waals surface area (Å²) in [7, 11) is 1.52. The number of aliphatic hydroxyl groups is 1. The Morgan fingerprint density at radius 2 is 1.74 bits per heavy atom.